The summed E-state index contributed by atoms with van der Waals surface area (Å²) in [4.78, 5) is 26.6. The van der Waals surface area contributed by atoms with E-state index in [2.05, 4.69) is 22.3 Å². The van der Waals surface area contributed by atoms with Crippen LogP contribution in [0, 0.1) is 5.82 Å². The minimum absolute atomic E-state index is 0.154. The molecule has 0 aliphatic carbocycles. The minimum Gasteiger partial charge on any atom is -0.468 e. The highest BCUT2D eigenvalue weighted by Crippen LogP contribution is 2.20. The normalized spacial score (nSPS) is 19.4. The lowest BCUT2D eigenvalue weighted by Crippen LogP contribution is -2.38. The van der Waals surface area contributed by atoms with Crippen molar-refractivity contribution >= 4 is 11.9 Å². The molecule has 148 valence electrons. The van der Waals surface area contributed by atoms with E-state index in [0.717, 1.165) is 19.4 Å². The van der Waals surface area contributed by atoms with Gasteiger partial charge < -0.3 is 10.1 Å². The minimum atomic E-state index is -0.382. The molecule has 1 heterocycles. The Morgan fingerprint density at radius 2 is 1.86 bits per heavy atom. The third-order valence-corrected chi connectivity index (χ3v) is 5.07. The van der Waals surface area contributed by atoms with Gasteiger partial charge in [-0.15, -0.1) is 0 Å². The van der Waals surface area contributed by atoms with Crippen molar-refractivity contribution in [1.29, 1.82) is 0 Å². The van der Waals surface area contributed by atoms with Gasteiger partial charge in [0.1, 0.15) is 11.9 Å². The molecule has 1 aliphatic rings. The molecular weight excluding hydrogens is 359 g/mol. The van der Waals surface area contributed by atoms with Crippen LogP contribution in [0.3, 0.4) is 0 Å². The van der Waals surface area contributed by atoms with Gasteiger partial charge in [-0.05, 0) is 55.6 Å². The number of nitrogens with zero attached hydrogens (tertiary/aromatic N) is 1. The summed E-state index contributed by atoms with van der Waals surface area (Å²) in [6.45, 7) is 1.33. The molecule has 1 N–H and O–H groups in total. The van der Waals surface area contributed by atoms with Gasteiger partial charge in [-0.1, -0.05) is 30.3 Å². The Kier molecular flexibility index (Phi) is 6.76. The number of carbonyl (C=O) groups is 2. The molecule has 0 unspecified atom stereocenters. The van der Waals surface area contributed by atoms with Crippen LogP contribution in [0.4, 0.5) is 4.39 Å². The molecule has 1 saturated heterocycles. The zero-order valence-corrected chi connectivity index (χ0v) is 15.9. The highest BCUT2D eigenvalue weighted by atomic mass is 19.1. The summed E-state index contributed by atoms with van der Waals surface area (Å²) in [6, 6.07) is 15.1. The second-order valence-electron chi connectivity index (χ2n) is 7.04. The Morgan fingerprint density at radius 1 is 1.14 bits per heavy atom. The molecule has 1 aliphatic heterocycles. The van der Waals surface area contributed by atoms with E-state index < -0.39 is 0 Å². The number of ether oxygens (including phenoxy) is 1. The smallest absolute Gasteiger partial charge is 0.323 e. The lowest BCUT2D eigenvalue weighted by atomic mass is 10.1. The number of aryl methyl sites for hydroxylation is 1. The van der Waals surface area contributed by atoms with Crippen LogP contribution in [0.5, 0.6) is 0 Å². The van der Waals surface area contributed by atoms with Gasteiger partial charge in [-0.3, -0.25) is 14.5 Å². The zero-order valence-electron chi connectivity index (χ0n) is 15.9. The molecular formula is C22H25FN2O3. The van der Waals surface area contributed by atoms with Crippen molar-refractivity contribution in [3.63, 3.8) is 0 Å². The number of methoxy groups -OCH3 is 1. The quantitative estimate of drug-likeness (QED) is 0.746. The van der Waals surface area contributed by atoms with Crippen LogP contribution in [0.1, 0.15) is 28.8 Å². The van der Waals surface area contributed by atoms with Crippen molar-refractivity contribution in [3.8, 4) is 0 Å². The fourth-order valence-corrected chi connectivity index (χ4v) is 3.64. The zero-order chi connectivity index (χ0) is 19.9. The molecule has 0 radical (unpaired) electrons. The molecule has 0 saturated carbocycles. The van der Waals surface area contributed by atoms with Crippen LogP contribution in [0.25, 0.3) is 0 Å². The molecule has 2 aromatic carbocycles. The lowest BCUT2D eigenvalue weighted by molar-refractivity contribution is -0.145. The number of carbonyl (C=O) groups excluding carboxylic acids is 2. The molecule has 5 nitrogen and oxygen atoms in total. The van der Waals surface area contributed by atoms with Crippen molar-refractivity contribution in [2.24, 2.45) is 0 Å². The summed E-state index contributed by atoms with van der Waals surface area (Å²) in [6.07, 6.45) is 2.35. The Bertz CT molecular complexity index is 795. The van der Waals surface area contributed by atoms with Gasteiger partial charge in [0, 0.05) is 18.2 Å². The molecule has 6 heteroatoms. The standard InChI is InChI=1S/C22H25FN2O3/c1-28-22(27)20-14-19(24-21(26)17-9-11-18(23)12-10-17)15-25(20)13-5-8-16-6-3-2-4-7-16/h2-4,6-7,9-12,19-20H,5,8,13-15H2,1H3,(H,24,26)/t19-,20+/m1/s1. The van der Waals surface area contributed by atoms with Gasteiger partial charge in [0.05, 0.1) is 7.11 Å². The van der Waals surface area contributed by atoms with E-state index in [1.54, 1.807) is 0 Å². The first-order chi connectivity index (χ1) is 13.6. The van der Waals surface area contributed by atoms with Gasteiger partial charge in [0.25, 0.3) is 5.91 Å². The van der Waals surface area contributed by atoms with Crippen molar-refractivity contribution in [1.82, 2.24) is 10.2 Å². The Labute approximate surface area is 164 Å². The van der Waals surface area contributed by atoms with E-state index in [1.807, 2.05) is 18.2 Å². The van der Waals surface area contributed by atoms with Crippen LogP contribution in [0.2, 0.25) is 0 Å². The van der Waals surface area contributed by atoms with Gasteiger partial charge in [0.15, 0.2) is 0 Å². The third-order valence-electron chi connectivity index (χ3n) is 5.07. The Balaban J connectivity index is 1.57. The number of esters is 1. The molecule has 3 rings (SSSR count). The summed E-state index contributed by atoms with van der Waals surface area (Å²) in [5.41, 5.74) is 1.66. The molecule has 1 amide bonds. The van der Waals surface area contributed by atoms with E-state index >= 15 is 0 Å². The van der Waals surface area contributed by atoms with Crippen LogP contribution >= 0.6 is 0 Å². The number of halogens is 1. The maximum Gasteiger partial charge on any atom is 0.323 e. The summed E-state index contributed by atoms with van der Waals surface area (Å²) < 4.78 is 18.0. The summed E-state index contributed by atoms with van der Waals surface area (Å²) in [5, 5.41) is 2.95. The van der Waals surface area contributed by atoms with Gasteiger partial charge in [-0.2, -0.15) is 0 Å². The van der Waals surface area contributed by atoms with Crippen LogP contribution < -0.4 is 5.32 Å². The second kappa shape index (κ2) is 9.46. The van der Waals surface area contributed by atoms with E-state index in [-0.39, 0.29) is 29.8 Å². The summed E-state index contributed by atoms with van der Waals surface area (Å²) in [7, 11) is 1.38. The number of hydrogen-bond donors (Lipinski definition) is 1. The molecule has 0 spiro atoms. The Morgan fingerprint density at radius 3 is 2.54 bits per heavy atom. The number of rotatable bonds is 7. The summed E-state index contributed by atoms with van der Waals surface area (Å²) in [5.74, 6) is -0.925. The number of amides is 1. The van der Waals surface area contributed by atoms with Gasteiger partial charge in [0.2, 0.25) is 0 Å². The first kappa shape index (κ1) is 20.0. The Hall–Kier alpha value is -2.73. The highest BCUT2D eigenvalue weighted by molar-refractivity contribution is 5.94. The first-order valence-corrected chi connectivity index (χ1v) is 9.49. The first-order valence-electron chi connectivity index (χ1n) is 9.49. The molecule has 2 aromatic rings. The fourth-order valence-electron chi connectivity index (χ4n) is 3.64. The monoisotopic (exact) mass is 384 g/mol. The highest BCUT2D eigenvalue weighted by Gasteiger charge is 2.37. The van der Waals surface area contributed by atoms with E-state index in [1.165, 1.54) is 36.9 Å². The number of benzene rings is 2. The third kappa shape index (κ3) is 5.16. The van der Waals surface area contributed by atoms with Crippen molar-refractivity contribution in [2.45, 2.75) is 31.3 Å². The predicted octanol–water partition coefficient (Wildman–Crippen LogP) is 2.80. The van der Waals surface area contributed by atoms with E-state index in [0.29, 0.717) is 18.5 Å². The molecule has 1 fully saturated rings. The average molecular weight is 384 g/mol. The number of hydrogen-bond acceptors (Lipinski definition) is 4. The maximum absolute atomic E-state index is 13.0. The topological polar surface area (TPSA) is 58.6 Å². The van der Waals surface area contributed by atoms with Crippen molar-refractivity contribution in [3.05, 3.63) is 71.5 Å². The van der Waals surface area contributed by atoms with Crippen LogP contribution in [-0.4, -0.2) is 49.1 Å². The lowest BCUT2D eigenvalue weighted by Gasteiger charge is -2.22. The summed E-state index contributed by atoms with van der Waals surface area (Å²) >= 11 is 0. The second-order valence-corrected chi connectivity index (χ2v) is 7.04. The number of nitrogens with one attached hydrogen (secondary N) is 1. The van der Waals surface area contributed by atoms with Crippen LogP contribution in [0.15, 0.2) is 54.6 Å². The predicted molar refractivity (Wildman–Crippen MR) is 104 cm³/mol. The average Bonchev–Trinajstić information content (AvgIpc) is 3.11. The van der Waals surface area contributed by atoms with Crippen molar-refractivity contribution < 1.29 is 18.7 Å². The molecule has 0 aromatic heterocycles. The van der Waals surface area contributed by atoms with Gasteiger partial charge >= 0.3 is 5.97 Å². The SMILES string of the molecule is COC(=O)[C@@H]1C[C@@H](NC(=O)c2ccc(F)cc2)CN1CCCc1ccccc1. The van der Waals surface area contributed by atoms with Crippen LogP contribution in [-0.2, 0) is 16.0 Å². The number of likely N-dealkylation sites (tertiary alicyclic amines) is 1. The molecule has 0 bridgehead atoms. The van der Waals surface area contributed by atoms with E-state index in [9.17, 15) is 14.0 Å². The van der Waals surface area contributed by atoms with Crippen molar-refractivity contribution in [2.75, 3.05) is 20.2 Å². The molecule has 2 atom stereocenters. The molecule has 28 heavy (non-hydrogen) atoms. The van der Waals surface area contributed by atoms with E-state index in [4.69, 9.17) is 4.74 Å². The largest absolute Gasteiger partial charge is 0.468 e. The van der Waals surface area contributed by atoms with Gasteiger partial charge in [-0.25, -0.2) is 4.39 Å². The maximum atomic E-state index is 13.0. The fraction of sp³-hybridized carbons (Fsp3) is 0.364.